The minimum Gasteiger partial charge on any atom is -0.326 e. The number of nitrogens with two attached hydrogens (primary N) is 1. The van der Waals surface area contributed by atoms with Crippen LogP contribution < -0.4 is 15.5 Å². The first-order chi connectivity index (χ1) is 12.7. The molecule has 5 nitrogen and oxygen atoms in total. The standard InChI is InChI=1S/C20H19FN4OS/c1-12-9-14(7-8-17(12)23-4)24-18(26)20(2,3)25(19(24)27)15-6-5-13(11-22)16(21)10-15/h5-10H,11,22H2,1-3H3. The first kappa shape index (κ1) is 19.0. The third-order valence-electron chi connectivity index (χ3n) is 4.74. The Bertz CT molecular complexity index is 996. The molecule has 2 N–H and O–H groups in total. The molecule has 0 spiro atoms. The maximum atomic E-state index is 14.3. The molecular formula is C20H19FN4OS. The summed E-state index contributed by atoms with van der Waals surface area (Å²) in [7, 11) is 0. The third kappa shape index (κ3) is 2.97. The number of aryl methyl sites for hydroxylation is 1. The first-order valence-electron chi connectivity index (χ1n) is 8.37. The molecule has 1 saturated heterocycles. The Morgan fingerprint density at radius 1 is 1.22 bits per heavy atom. The van der Waals surface area contributed by atoms with Crippen molar-refractivity contribution < 1.29 is 9.18 Å². The van der Waals surface area contributed by atoms with Crippen LogP contribution in [0.5, 0.6) is 0 Å². The molecule has 1 amide bonds. The number of hydrogen-bond donors (Lipinski definition) is 1. The van der Waals surface area contributed by atoms with Gasteiger partial charge in [0.1, 0.15) is 11.4 Å². The topological polar surface area (TPSA) is 53.9 Å². The summed E-state index contributed by atoms with van der Waals surface area (Å²) in [5, 5.41) is 0.264. The van der Waals surface area contributed by atoms with Crippen LogP contribution in [0.1, 0.15) is 25.0 Å². The maximum absolute atomic E-state index is 14.3. The van der Waals surface area contributed by atoms with Crippen LogP contribution in [0.4, 0.5) is 21.5 Å². The van der Waals surface area contributed by atoms with Crippen LogP contribution in [0.3, 0.4) is 0 Å². The van der Waals surface area contributed by atoms with E-state index < -0.39 is 11.4 Å². The van der Waals surface area contributed by atoms with Gasteiger partial charge >= 0.3 is 0 Å². The lowest BCUT2D eigenvalue weighted by molar-refractivity contribution is -0.120. The van der Waals surface area contributed by atoms with Crippen LogP contribution in [-0.4, -0.2) is 16.6 Å². The van der Waals surface area contributed by atoms with Gasteiger partial charge in [0.25, 0.3) is 5.91 Å². The molecule has 0 unspecified atom stereocenters. The Kier molecular flexibility index (Phi) is 4.72. The van der Waals surface area contributed by atoms with Gasteiger partial charge in [-0.2, -0.15) is 0 Å². The molecule has 1 aliphatic heterocycles. The Morgan fingerprint density at radius 3 is 2.44 bits per heavy atom. The zero-order valence-corrected chi connectivity index (χ0v) is 16.1. The fourth-order valence-electron chi connectivity index (χ4n) is 3.20. The number of hydrogen-bond acceptors (Lipinski definition) is 3. The molecule has 0 saturated carbocycles. The minimum absolute atomic E-state index is 0.0949. The Balaban J connectivity index is 2.07. The van der Waals surface area contributed by atoms with Crippen molar-refractivity contribution in [2.45, 2.75) is 32.9 Å². The Labute approximate surface area is 163 Å². The summed E-state index contributed by atoms with van der Waals surface area (Å²) in [6, 6.07) is 9.78. The van der Waals surface area contributed by atoms with Gasteiger partial charge in [-0.05, 0) is 62.8 Å². The van der Waals surface area contributed by atoms with Crippen molar-refractivity contribution in [1.29, 1.82) is 0 Å². The van der Waals surface area contributed by atoms with E-state index in [1.54, 1.807) is 49.1 Å². The lowest BCUT2D eigenvalue weighted by atomic mass is 10.0. The normalized spacial score (nSPS) is 16.0. The van der Waals surface area contributed by atoms with Crippen LogP contribution in [-0.2, 0) is 11.3 Å². The minimum atomic E-state index is -0.986. The van der Waals surface area contributed by atoms with Crippen molar-refractivity contribution in [3.8, 4) is 0 Å². The van der Waals surface area contributed by atoms with Crippen molar-refractivity contribution in [3.05, 3.63) is 64.8 Å². The molecule has 0 aromatic heterocycles. The number of anilines is 2. The highest BCUT2D eigenvalue weighted by Gasteiger charge is 2.50. The highest BCUT2D eigenvalue weighted by atomic mass is 32.1. The molecule has 138 valence electrons. The van der Waals surface area contributed by atoms with E-state index in [1.165, 1.54) is 11.0 Å². The number of halogens is 1. The molecule has 7 heteroatoms. The quantitative estimate of drug-likeness (QED) is 0.643. The lowest BCUT2D eigenvalue weighted by Gasteiger charge is -2.29. The summed E-state index contributed by atoms with van der Waals surface area (Å²) < 4.78 is 14.3. The molecule has 2 aromatic rings. The monoisotopic (exact) mass is 382 g/mol. The van der Waals surface area contributed by atoms with Gasteiger partial charge in [0, 0.05) is 23.5 Å². The van der Waals surface area contributed by atoms with Crippen molar-refractivity contribution in [1.82, 2.24) is 0 Å². The summed E-state index contributed by atoms with van der Waals surface area (Å²) in [5.74, 6) is -0.650. The molecule has 1 heterocycles. The van der Waals surface area contributed by atoms with Gasteiger partial charge in [0.05, 0.1) is 6.57 Å². The Morgan fingerprint density at radius 2 is 1.89 bits per heavy atom. The average molecular weight is 382 g/mol. The second kappa shape index (κ2) is 6.72. The molecule has 0 radical (unpaired) electrons. The number of amides is 1. The lowest BCUT2D eigenvalue weighted by Crippen LogP contribution is -2.44. The average Bonchev–Trinajstić information content (AvgIpc) is 2.79. The van der Waals surface area contributed by atoms with Crippen molar-refractivity contribution >= 4 is 40.3 Å². The number of carbonyl (C=O) groups is 1. The molecule has 0 bridgehead atoms. The fourth-order valence-corrected chi connectivity index (χ4v) is 3.72. The van der Waals surface area contributed by atoms with E-state index in [-0.39, 0.29) is 17.6 Å². The molecule has 0 atom stereocenters. The van der Waals surface area contributed by atoms with E-state index in [4.69, 9.17) is 24.5 Å². The molecule has 0 aliphatic carbocycles. The number of thiocarbonyl (C=S) groups is 1. The van der Waals surface area contributed by atoms with Gasteiger partial charge in [0.15, 0.2) is 10.8 Å². The van der Waals surface area contributed by atoms with Gasteiger partial charge in [-0.1, -0.05) is 12.1 Å². The third-order valence-corrected chi connectivity index (χ3v) is 5.11. The summed E-state index contributed by atoms with van der Waals surface area (Å²) in [6.45, 7) is 12.6. The highest BCUT2D eigenvalue weighted by Crippen LogP contribution is 2.37. The summed E-state index contributed by atoms with van der Waals surface area (Å²) in [6.07, 6.45) is 0. The van der Waals surface area contributed by atoms with E-state index in [1.807, 2.05) is 6.92 Å². The molecular weight excluding hydrogens is 363 g/mol. The van der Waals surface area contributed by atoms with E-state index in [0.29, 0.717) is 22.6 Å². The summed E-state index contributed by atoms with van der Waals surface area (Å²) in [5.41, 5.74) is 7.30. The number of carbonyl (C=O) groups excluding carboxylic acids is 1. The number of nitrogens with zero attached hydrogens (tertiary/aromatic N) is 3. The van der Waals surface area contributed by atoms with Gasteiger partial charge in [0.2, 0.25) is 0 Å². The molecule has 1 aliphatic rings. The van der Waals surface area contributed by atoms with Crippen molar-refractivity contribution in [2.24, 2.45) is 5.73 Å². The van der Waals surface area contributed by atoms with Crippen LogP contribution >= 0.6 is 12.2 Å². The smallest absolute Gasteiger partial charge is 0.259 e. The SMILES string of the molecule is [C-]#[N+]c1ccc(N2C(=O)C(C)(C)N(c3ccc(CN)c(F)c3)C2=S)cc1C. The van der Waals surface area contributed by atoms with Gasteiger partial charge in [-0.25, -0.2) is 9.24 Å². The van der Waals surface area contributed by atoms with Gasteiger partial charge in [-0.15, -0.1) is 0 Å². The van der Waals surface area contributed by atoms with Crippen LogP contribution in [0.2, 0.25) is 0 Å². The van der Waals surface area contributed by atoms with Crippen LogP contribution in [0.25, 0.3) is 4.85 Å². The van der Waals surface area contributed by atoms with E-state index >= 15 is 0 Å². The fraction of sp³-hybridized carbons (Fsp3) is 0.250. The van der Waals surface area contributed by atoms with Gasteiger partial charge < -0.3 is 10.6 Å². The molecule has 1 fully saturated rings. The maximum Gasteiger partial charge on any atom is 0.259 e. The van der Waals surface area contributed by atoms with Crippen LogP contribution in [0, 0.1) is 19.3 Å². The highest BCUT2D eigenvalue weighted by molar-refractivity contribution is 7.81. The van der Waals surface area contributed by atoms with E-state index in [9.17, 15) is 9.18 Å². The van der Waals surface area contributed by atoms with E-state index in [0.717, 1.165) is 5.56 Å². The molecule has 27 heavy (non-hydrogen) atoms. The van der Waals surface area contributed by atoms with Crippen molar-refractivity contribution in [2.75, 3.05) is 9.80 Å². The molecule has 2 aromatic carbocycles. The Hall–Kier alpha value is -2.82. The zero-order valence-electron chi connectivity index (χ0n) is 15.3. The predicted octanol–water partition coefficient (Wildman–Crippen LogP) is 4.06. The zero-order chi connectivity index (χ0) is 19.9. The predicted molar refractivity (Wildman–Crippen MR) is 108 cm³/mol. The van der Waals surface area contributed by atoms with Gasteiger partial charge in [-0.3, -0.25) is 9.69 Å². The van der Waals surface area contributed by atoms with Crippen LogP contribution in [0.15, 0.2) is 36.4 Å². The van der Waals surface area contributed by atoms with Crippen molar-refractivity contribution in [3.63, 3.8) is 0 Å². The number of rotatable bonds is 3. The molecule has 3 rings (SSSR count). The number of benzene rings is 2. The first-order valence-corrected chi connectivity index (χ1v) is 8.78. The van der Waals surface area contributed by atoms with E-state index in [2.05, 4.69) is 4.85 Å². The summed E-state index contributed by atoms with van der Waals surface area (Å²) >= 11 is 5.58. The largest absolute Gasteiger partial charge is 0.326 e. The summed E-state index contributed by atoms with van der Waals surface area (Å²) in [4.78, 5) is 19.6. The second-order valence-electron chi connectivity index (χ2n) is 6.88. The second-order valence-corrected chi connectivity index (χ2v) is 7.25.